The minimum Gasteiger partial charge on any atom is -0.379 e. The zero-order valence-corrected chi connectivity index (χ0v) is 14.0. The summed E-state index contributed by atoms with van der Waals surface area (Å²) in [6.07, 6.45) is 0. The van der Waals surface area contributed by atoms with Gasteiger partial charge in [0, 0.05) is 32.6 Å². The van der Waals surface area contributed by atoms with Crippen molar-refractivity contribution >= 4 is 54.8 Å². The summed E-state index contributed by atoms with van der Waals surface area (Å²) in [6, 6.07) is 10.4. The molecule has 1 N–H and O–H groups in total. The number of nitro groups is 1. The first-order chi connectivity index (χ1) is 9.47. The Hall–Kier alpha value is -1.11. The van der Waals surface area contributed by atoms with E-state index in [9.17, 15) is 10.1 Å². The molecule has 0 unspecified atom stereocenters. The number of benzene rings is 2. The van der Waals surface area contributed by atoms with Crippen molar-refractivity contribution in [2.45, 2.75) is 6.54 Å². The first-order valence-corrected chi connectivity index (χ1v) is 7.55. The molecule has 0 heterocycles. The Labute approximate surface area is 137 Å². The monoisotopic (exact) mass is 418 g/mol. The van der Waals surface area contributed by atoms with Crippen LogP contribution in [0.5, 0.6) is 0 Å². The van der Waals surface area contributed by atoms with Gasteiger partial charge in [0.2, 0.25) is 0 Å². The number of nitrogens with zero attached hydrogens (tertiary/aromatic N) is 1. The summed E-state index contributed by atoms with van der Waals surface area (Å²) in [5.41, 5.74) is 1.86. The van der Waals surface area contributed by atoms with E-state index in [4.69, 9.17) is 11.6 Å². The predicted octanol–water partition coefficient (Wildman–Crippen LogP) is 5.39. The number of hydrogen-bond acceptors (Lipinski definition) is 3. The van der Waals surface area contributed by atoms with E-state index < -0.39 is 4.92 Å². The van der Waals surface area contributed by atoms with Crippen LogP contribution in [0, 0.1) is 10.1 Å². The van der Waals surface area contributed by atoms with Crippen LogP contribution >= 0.6 is 43.5 Å². The highest BCUT2D eigenvalue weighted by atomic mass is 79.9. The molecule has 0 spiro atoms. The Balaban J connectivity index is 2.17. The van der Waals surface area contributed by atoms with Gasteiger partial charge in [0.1, 0.15) is 0 Å². The predicted molar refractivity (Wildman–Crippen MR) is 87.3 cm³/mol. The molecule has 4 nitrogen and oxygen atoms in total. The molecular weight excluding hydrogens is 411 g/mol. The lowest BCUT2D eigenvalue weighted by Crippen LogP contribution is -2.01. The van der Waals surface area contributed by atoms with Gasteiger partial charge in [0.05, 0.1) is 10.6 Å². The number of halogens is 3. The van der Waals surface area contributed by atoms with Crippen LogP contribution in [0.1, 0.15) is 5.56 Å². The van der Waals surface area contributed by atoms with E-state index in [0.29, 0.717) is 20.5 Å². The topological polar surface area (TPSA) is 55.2 Å². The Morgan fingerprint density at radius 1 is 1.15 bits per heavy atom. The molecule has 0 fully saturated rings. The molecule has 0 bridgehead atoms. The zero-order chi connectivity index (χ0) is 14.7. The van der Waals surface area contributed by atoms with Gasteiger partial charge in [0.25, 0.3) is 5.69 Å². The number of hydrogen-bond donors (Lipinski definition) is 1. The van der Waals surface area contributed by atoms with Crippen LogP contribution in [0.15, 0.2) is 45.3 Å². The molecule has 104 valence electrons. The molecule has 2 rings (SSSR count). The van der Waals surface area contributed by atoms with Crippen molar-refractivity contribution in [3.63, 3.8) is 0 Å². The van der Waals surface area contributed by atoms with E-state index in [1.165, 1.54) is 12.1 Å². The second-order valence-electron chi connectivity index (χ2n) is 4.02. The average molecular weight is 420 g/mol. The van der Waals surface area contributed by atoms with Gasteiger partial charge >= 0.3 is 0 Å². The van der Waals surface area contributed by atoms with Crippen LogP contribution in [0.25, 0.3) is 0 Å². The highest BCUT2D eigenvalue weighted by molar-refractivity contribution is 9.11. The summed E-state index contributed by atoms with van der Waals surface area (Å²) in [6.45, 7) is 0.589. The van der Waals surface area contributed by atoms with Crippen molar-refractivity contribution in [1.29, 1.82) is 0 Å². The number of nitro benzene ring substituents is 1. The molecule has 20 heavy (non-hydrogen) atoms. The van der Waals surface area contributed by atoms with Crippen molar-refractivity contribution < 1.29 is 4.92 Å². The maximum atomic E-state index is 10.8. The molecule has 0 amide bonds. The molecule has 7 heteroatoms. The van der Waals surface area contributed by atoms with E-state index in [0.717, 1.165) is 11.3 Å². The van der Waals surface area contributed by atoms with Crippen LogP contribution in [0.4, 0.5) is 11.4 Å². The normalized spacial score (nSPS) is 10.3. The fourth-order valence-corrected chi connectivity index (χ4v) is 3.20. The highest BCUT2D eigenvalue weighted by Crippen LogP contribution is 2.35. The third-order valence-corrected chi connectivity index (χ3v) is 4.12. The lowest BCUT2D eigenvalue weighted by atomic mass is 10.2. The lowest BCUT2D eigenvalue weighted by molar-refractivity contribution is -0.385. The van der Waals surface area contributed by atoms with Crippen molar-refractivity contribution in [3.05, 3.63) is 66.0 Å². The summed E-state index contributed by atoms with van der Waals surface area (Å²) >= 11 is 12.5. The Kier molecular flexibility index (Phi) is 5.01. The molecule has 0 aliphatic carbocycles. The number of nitrogens with one attached hydrogen (secondary N) is 1. The van der Waals surface area contributed by atoms with Gasteiger partial charge < -0.3 is 5.32 Å². The molecule has 0 aliphatic heterocycles. The molecule has 0 atom stereocenters. The smallest absolute Gasteiger partial charge is 0.271 e. The van der Waals surface area contributed by atoms with Crippen LogP contribution in [-0.4, -0.2) is 4.92 Å². The van der Waals surface area contributed by atoms with Crippen molar-refractivity contribution in [3.8, 4) is 0 Å². The third kappa shape index (κ3) is 3.71. The van der Waals surface area contributed by atoms with Crippen LogP contribution in [0.3, 0.4) is 0 Å². The van der Waals surface area contributed by atoms with Gasteiger partial charge in [0.15, 0.2) is 0 Å². The maximum absolute atomic E-state index is 10.8. The Morgan fingerprint density at radius 2 is 1.70 bits per heavy atom. The first-order valence-electron chi connectivity index (χ1n) is 5.59. The summed E-state index contributed by atoms with van der Waals surface area (Å²) in [5.74, 6) is 0. The van der Waals surface area contributed by atoms with Crippen LogP contribution < -0.4 is 5.32 Å². The van der Waals surface area contributed by atoms with Gasteiger partial charge in [-0.15, -0.1) is 0 Å². The van der Waals surface area contributed by atoms with E-state index in [1.807, 2.05) is 24.3 Å². The number of non-ortho nitro benzene ring substituents is 1. The average Bonchev–Trinajstić information content (AvgIpc) is 2.39. The fourth-order valence-electron chi connectivity index (χ4n) is 1.63. The zero-order valence-electron chi connectivity index (χ0n) is 10.1. The van der Waals surface area contributed by atoms with E-state index in [-0.39, 0.29) is 5.69 Å². The summed E-state index contributed by atoms with van der Waals surface area (Å²) in [4.78, 5) is 10.3. The third-order valence-electron chi connectivity index (χ3n) is 2.62. The van der Waals surface area contributed by atoms with Crippen molar-refractivity contribution in [1.82, 2.24) is 0 Å². The number of anilines is 1. The van der Waals surface area contributed by atoms with Gasteiger partial charge in [-0.2, -0.15) is 0 Å². The minimum absolute atomic E-state index is 0.0285. The van der Waals surface area contributed by atoms with Crippen molar-refractivity contribution in [2.24, 2.45) is 0 Å². The molecular formula is C13H9Br2ClN2O2. The number of rotatable bonds is 4. The first kappa shape index (κ1) is 15.3. The molecule has 0 aliphatic rings. The minimum atomic E-state index is -0.432. The van der Waals surface area contributed by atoms with E-state index in [2.05, 4.69) is 37.2 Å². The van der Waals surface area contributed by atoms with Gasteiger partial charge in [-0.05, 0) is 49.6 Å². The lowest BCUT2D eigenvalue weighted by Gasteiger charge is -2.11. The van der Waals surface area contributed by atoms with E-state index in [1.54, 1.807) is 0 Å². The fraction of sp³-hybridized carbons (Fsp3) is 0.0769. The van der Waals surface area contributed by atoms with Gasteiger partial charge in [-0.25, -0.2) is 0 Å². The summed E-state index contributed by atoms with van der Waals surface area (Å²) in [7, 11) is 0. The summed E-state index contributed by atoms with van der Waals surface area (Å²) < 4.78 is 1.26. The molecule has 0 aromatic heterocycles. The maximum Gasteiger partial charge on any atom is 0.271 e. The molecule has 0 radical (unpaired) electrons. The van der Waals surface area contributed by atoms with Gasteiger partial charge in [-0.3, -0.25) is 10.1 Å². The van der Waals surface area contributed by atoms with E-state index >= 15 is 0 Å². The SMILES string of the molecule is O=[N+]([O-])c1cc(Br)c(NCc2ccc(Cl)cc2)c(Br)c1. The van der Waals surface area contributed by atoms with Crippen LogP contribution in [-0.2, 0) is 6.54 Å². The standard InChI is InChI=1S/C13H9Br2ClN2O2/c14-11-5-10(18(19)20)6-12(15)13(11)17-7-8-1-3-9(16)4-2-8/h1-6,17H,7H2. The highest BCUT2D eigenvalue weighted by Gasteiger charge is 2.13. The Bertz CT molecular complexity index is 624. The van der Waals surface area contributed by atoms with Crippen molar-refractivity contribution in [2.75, 3.05) is 5.32 Å². The molecule has 2 aromatic carbocycles. The van der Waals surface area contributed by atoms with Gasteiger partial charge in [-0.1, -0.05) is 23.7 Å². The molecule has 0 saturated carbocycles. The molecule has 0 saturated heterocycles. The molecule has 2 aromatic rings. The quantitative estimate of drug-likeness (QED) is 0.533. The van der Waals surface area contributed by atoms with Crippen LogP contribution in [0.2, 0.25) is 5.02 Å². The second-order valence-corrected chi connectivity index (χ2v) is 6.17. The summed E-state index contributed by atoms with van der Waals surface area (Å²) in [5, 5.41) is 14.7. The Morgan fingerprint density at radius 3 is 2.20 bits per heavy atom. The second kappa shape index (κ2) is 6.56. The largest absolute Gasteiger partial charge is 0.379 e.